The minimum absolute atomic E-state index is 0.0882. The Kier molecular flexibility index (Phi) is 10.1. The van der Waals surface area contributed by atoms with Crippen molar-refractivity contribution < 1.29 is 4.79 Å². The molecule has 0 unspecified atom stereocenters. The van der Waals surface area contributed by atoms with Crippen LogP contribution in [0.25, 0.3) is 0 Å². The highest BCUT2D eigenvalue weighted by molar-refractivity contribution is 5.73. The van der Waals surface area contributed by atoms with Crippen LogP contribution in [-0.4, -0.2) is 37.1 Å². The average molecular weight is 305 g/mol. The Morgan fingerprint density at radius 3 is 2.18 bits per heavy atom. The molecule has 1 rings (SSSR count). The molecule has 1 aromatic carbocycles. The number of nitrogens with zero attached hydrogens (tertiary/aromatic N) is 1. The van der Waals surface area contributed by atoms with E-state index in [2.05, 4.69) is 29.4 Å². The maximum absolute atomic E-state index is 11.8. The maximum atomic E-state index is 11.8. The monoisotopic (exact) mass is 305 g/mol. The molecule has 0 aliphatic rings. The zero-order valence-corrected chi connectivity index (χ0v) is 14.1. The molecule has 0 saturated carbocycles. The minimum Gasteiger partial charge on any atom is -0.337 e. The van der Waals surface area contributed by atoms with Crippen LogP contribution in [0.15, 0.2) is 30.3 Å². The smallest absolute Gasteiger partial charge is 0.315 e. The van der Waals surface area contributed by atoms with Crippen molar-refractivity contribution in [3.05, 3.63) is 35.9 Å². The summed E-state index contributed by atoms with van der Waals surface area (Å²) >= 11 is 0. The summed E-state index contributed by atoms with van der Waals surface area (Å²) in [4.78, 5) is 14.2. The van der Waals surface area contributed by atoms with Gasteiger partial charge in [0.2, 0.25) is 0 Å². The summed E-state index contributed by atoms with van der Waals surface area (Å²) < 4.78 is 0. The fourth-order valence-corrected chi connectivity index (χ4v) is 2.27. The lowest BCUT2D eigenvalue weighted by Gasteiger charge is -2.22. The summed E-state index contributed by atoms with van der Waals surface area (Å²) in [6.07, 6.45) is 4.88. The molecule has 0 radical (unpaired) electrons. The first-order valence-electron chi connectivity index (χ1n) is 8.54. The lowest BCUT2D eigenvalue weighted by molar-refractivity contribution is 0.233. The van der Waals surface area contributed by atoms with Crippen molar-refractivity contribution in [3.8, 4) is 0 Å². The molecule has 0 bridgehead atoms. The molecule has 4 heteroatoms. The Morgan fingerprint density at radius 1 is 0.955 bits per heavy atom. The third-order valence-corrected chi connectivity index (χ3v) is 3.67. The van der Waals surface area contributed by atoms with E-state index >= 15 is 0 Å². The average Bonchev–Trinajstić information content (AvgIpc) is 2.56. The molecule has 0 heterocycles. The molecule has 0 saturated heterocycles. The molecule has 0 aromatic heterocycles. The topological polar surface area (TPSA) is 44.4 Å². The van der Waals surface area contributed by atoms with E-state index in [0.717, 1.165) is 25.2 Å². The standard InChI is InChI=1S/C18H31N3O/c1-3-5-13-21(14-6-4-2)15-12-19-18(22)20-16-17-10-8-7-9-11-17/h7-11H,3-6,12-16H2,1-2H3,(H2,19,20,22). The third kappa shape index (κ3) is 8.67. The summed E-state index contributed by atoms with van der Waals surface area (Å²) in [7, 11) is 0. The highest BCUT2D eigenvalue weighted by Gasteiger charge is 2.05. The Labute approximate surface area is 135 Å². The fraction of sp³-hybridized carbons (Fsp3) is 0.611. The molecular weight excluding hydrogens is 274 g/mol. The molecule has 0 fully saturated rings. The summed E-state index contributed by atoms with van der Waals surface area (Å²) in [6, 6.07) is 9.87. The van der Waals surface area contributed by atoms with E-state index in [9.17, 15) is 4.79 Å². The highest BCUT2D eigenvalue weighted by Crippen LogP contribution is 1.99. The van der Waals surface area contributed by atoms with Gasteiger partial charge in [-0.15, -0.1) is 0 Å². The van der Waals surface area contributed by atoms with Crippen LogP contribution in [0, 0.1) is 0 Å². The SMILES string of the molecule is CCCCN(CCCC)CCNC(=O)NCc1ccccc1. The molecule has 0 aliphatic heterocycles. The maximum Gasteiger partial charge on any atom is 0.315 e. The van der Waals surface area contributed by atoms with Gasteiger partial charge in [0.1, 0.15) is 0 Å². The number of urea groups is 1. The second-order valence-electron chi connectivity index (χ2n) is 5.64. The molecule has 0 atom stereocenters. The van der Waals surface area contributed by atoms with Crippen LogP contribution in [0.2, 0.25) is 0 Å². The third-order valence-electron chi connectivity index (χ3n) is 3.67. The van der Waals surface area contributed by atoms with Crippen molar-refractivity contribution in [2.24, 2.45) is 0 Å². The highest BCUT2D eigenvalue weighted by atomic mass is 16.2. The van der Waals surface area contributed by atoms with E-state index in [0.29, 0.717) is 13.1 Å². The Morgan fingerprint density at radius 2 is 1.59 bits per heavy atom. The first-order chi connectivity index (χ1) is 10.8. The van der Waals surface area contributed by atoms with E-state index in [1.54, 1.807) is 0 Å². The quantitative estimate of drug-likeness (QED) is 0.658. The number of hydrogen-bond donors (Lipinski definition) is 2. The molecule has 22 heavy (non-hydrogen) atoms. The van der Waals surface area contributed by atoms with Crippen molar-refractivity contribution >= 4 is 6.03 Å². The fourth-order valence-electron chi connectivity index (χ4n) is 2.27. The lowest BCUT2D eigenvalue weighted by Crippen LogP contribution is -2.40. The van der Waals surface area contributed by atoms with Crippen LogP contribution in [0.1, 0.15) is 45.1 Å². The predicted octanol–water partition coefficient (Wildman–Crippen LogP) is 3.39. The Bertz CT molecular complexity index is 387. The van der Waals surface area contributed by atoms with Crippen LogP contribution >= 0.6 is 0 Å². The number of amides is 2. The Hall–Kier alpha value is -1.55. The van der Waals surface area contributed by atoms with Gasteiger partial charge in [-0.2, -0.15) is 0 Å². The first-order valence-corrected chi connectivity index (χ1v) is 8.54. The van der Waals surface area contributed by atoms with Gasteiger partial charge in [-0.1, -0.05) is 57.0 Å². The lowest BCUT2D eigenvalue weighted by atomic mass is 10.2. The zero-order valence-electron chi connectivity index (χ0n) is 14.1. The van der Waals surface area contributed by atoms with Crippen LogP contribution in [0.5, 0.6) is 0 Å². The van der Waals surface area contributed by atoms with Gasteiger partial charge in [0, 0.05) is 19.6 Å². The first kappa shape index (κ1) is 18.5. The molecule has 124 valence electrons. The second kappa shape index (κ2) is 12.0. The van der Waals surface area contributed by atoms with E-state index in [4.69, 9.17) is 0 Å². The number of carbonyl (C=O) groups is 1. The Balaban J connectivity index is 2.18. The van der Waals surface area contributed by atoms with Crippen molar-refractivity contribution in [1.82, 2.24) is 15.5 Å². The van der Waals surface area contributed by atoms with Gasteiger partial charge in [-0.25, -0.2) is 4.79 Å². The van der Waals surface area contributed by atoms with Crippen molar-refractivity contribution in [3.63, 3.8) is 0 Å². The number of hydrogen-bond acceptors (Lipinski definition) is 2. The largest absolute Gasteiger partial charge is 0.337 e. The summed E-state index contributed by atoms with van der Waals surface area (Å²) in [5.41, 5.74) is 1.12. The summed E-state index contributed by atoms with van der Waals surface area (Å²) in [5.74, 6) is 0. The van der Waals surface area contributed by atoms with Gasteiger partial charge >= 0.3 is 6.03 Å². The number of rotatable bonds is 11. The minimum atomic E-state index is -0.0882. The number of carbonyl (C=O) groups excluding carboxylic acids is 1. The van der Waals surface area contributed by atoms with Crippen LogP contribution in [-0.2, 0) is 6.54 Å². The molecule has 0 aliphatic carbocycles. The van der Waals surface area contributed by atoms with Crippen LogP contribution in [0.3, 0.4) is 0 Å². The van der Waals surface area contributed by atoms with Crippen LogP contribution in [0.4, 0.5) is 4.79 Å². The molecule has 0 spiro atoms. The van der Waals surface area contributed by atoms with Gasteiger partial charge in [-0.05, 0) is 31.5 Å². The van der Waals surface area contributed by atoms with Gasteiger partial charge in [-0.3, -0.25) is 0 Å². The van der Waals surface area contributed by atoms with Gasteiger partial charge in [0.05, 0.1) is 0 Å². The molecule has 2 amide bonds. The normalized spacial score (nSPS) is 10.7. The van der Waals surface area contributed by atoms with Crippen molar-refractivity contribution in [1.29, 1.82) is 0 Å². The number of benzene rings is 1. The molecule has 1 aromatic rings. The van der Waals surface area contributed by atoms with Crippen LogP contribution < -0.4 is 10.6 Å². The second-order valence-corrected chi connectivity index (χ2v) is 5.64. The van der Waals surface area contributed by atoms with Gasteiger partial charge in [0.15, 0.2) is 0 Å². The van der Waals surface area contributed by atoms with Gasteiger partial charge in [0.25, 0.3) is 0 Å². The molecular formula is C18H31N3O. The predicted molar refractivity (Wildman–Crippen MR) is 92.9 cm³/mol. The number of unbranched alkanes of at least 4 members (excludes halogenated alkanes) is 2. The zero-order chi connectivity index (χ0) is 16.0. The summed E-state index contributed by atoms with van der Waals surface area (Å²) in [5, 5.41) is 5.83. The van der Waals surface area contributed by atoms with Gasteiger partial charge < -0.3 is 15.5 Å². The van der Waals surface area contributed by atoms with Crippen molar-refractivity contribution in [2.75, 3.05) is 26.2 Å². The number of nitrogens with one attached hydrogen (secondary N) is 2. The molecule has 4 nitrogen and oxygen atoms in total. The van der Waals surface area contributed by atoms with E-state index in [-0.39, 0.29) is 6.03 Å². The van der Waals surface area contributed by atoms with Crippen molar-refractivity contribution in [2.45, 2.75) is 46.1 Å². The molecule has 2 N–H and O–H groups in total. The van der Waals surface area contributed by atoms with E-state index in [1.165, 1.54) is 25.7 Å². The van der Waals surface area contributed by atoms with E-state index in [1.807, 2.05) is 30.3 Å². The van der Waals surface area contributed by atoms with E-state index < -0.39 is 0 Å². The summed E-state index contributed by atoms with van der Waals surface area (Å²) in [6.45, 7) is 8.89.